The monoisotopic (exact) mass is 224 g/mol. The summed E-state index contributed by atoms with van der Waals surface area (Å²) >= 11 is 0. The molecule has 0 unspecified atom stereocenters. The second-order valence-electron chi connectivity index (χ2n) is 5.35. The van der Waals surface area contributed by atoms with Crippen LogP contribution in [0, 0.1) is 5.92 Å². The molecule has 1 aliphatic rings. The maximum atomic E-state index is 11.5. The van der Waals surface area contributed by atoms with Gasteiger partial charge in [-0.1, -0.05) is 26.3 Å². The van der Waals surface area contributed by atoms with Crippen LogP contribution >= 0.6 is 0 Å². The van der Waals surface area contributed by atoms with Gasteiger partial charge in [-0.2, -0.15) is 0 Å². The van der Waals surface area contributed by atoms with Crippen LogP contribution in [0.4, 0.5) is 0 Å². The summed E-state index contributed by atoms with van der Waals surface area (Å²) in [4.78, 5) is 11.5. The van der Waals surface area contributed by atoms with Gasteiger partial charge in [-0.25, -0.2) is 4.79 Å². The normalized spacial score (nSPS) is 29.8. The summed E-state index contributed by atoms with van der Waals surface area (Å²) in [5.74, 6) is 0.595. The molecule has 0 heterocycles. The standard InChI is InChI=1S/C14H24O2/c1-5-6-12-7-9-14(4,10-8-12)16-13(15)11(2)3/h12H,2,5-10H2,1,3-4H3. The Morgan fingerprint density at radius 3 is 2.44 bits per heavy atom. The Hall–Kier alpha value is -0.790. The van der Waals surface area contributed by atoms with Gasteiger partial charge in [0, 0.05) is 5.57 Å². The molecule has 1 fully saturated rings. The van der Waals surface area contributed by atoms with Gasteiger partial charge in [0.05, 0.1) is 0 Å². The number of carbonyl (C=O) groups is 1. The van der Waals surface area contributed by atoms with Gasteiger partial charge < -0.3 is 4.74 Å². The molecule has 2 heteroatoms. The van der Waals surface area contributed by atoms with Crippen LogP contribution < -0.4 is 0 Å². The van der Waals surface area contributed by atoms with Crippen molar-refractivity contribution in [2.24, 2.45) is 5.92 Å². The summed E-state index contributed by atoms with van der Waals surface area (Å²) in [6, 6.07) is 0. The first-order chi connectivity index (χ1) is 7.47. The van der Waals surface area contributed by atoms with E-state index in [-0.39, 0.29) is 11.6 Å². The number of hydrogen-bond donors (Lipinski definition) is 0. The first-order valence-electron chi connectivity index (χ1n) is 6.35. The molecule has 0 radical (unpaired) electrons. The van der Waals surface area contributed by atoms with E-state index in [1.165, 1.54) is 25.7 Å². The molecule has 0 bridgehead atoms. The fourth-order valence-electron chi connectivity index (χ4n) is 2.40. The average Bonchev–Trinajstić information content (AvgIpc) is 2.22. The van der Waals surface area contributed by atoms with Crippen molar-refractivity contribution in [3.63, 3.8) is 0 Å². The van der Waals surface area contributed by atoms with E-state index < -0.39 is 0 Å². The van der Waals surface area contributed by atoms with Crippen LogP contribution in [-0.2, 0) is 9.53 Å². The van der Waals surface area contributed by atoms with Crippen molar-refractivity contribution in [3.05, 3.63) is 12.2 Å². The van der Waals surface area contributed by atoms with Crippen LogP contribution in [0.2, 0.25) is 0 Å². The van der Waals surface area contributed by atoms with Crippen molar-refractivity contribution in [3.8, 4) is 0 Å². The molecule has 1 rings (SSSR count). The van der Waals surface area contributed by atoms with Gasteiger partial charge >= 0.3 is 5.97 Å². The van der Waals surface area contributed by atoms with Gasteiger partial charge in [-0.15, -0.1) is 0 Å². The lowest BCUT2D eigenvalue weighted by Gasteiger charge is -2.36. The number of rotatable bonds is 4. The van der Waals surface area contributed by atoms with E-state index >= 15 is 0 Å². The Balaban J connectivity index is 2.43. The van der Waals surface area contributed by atoms with Gasteiger partial charge in [-0.05, 0) is 45.4 Å². The van der Waals surface area contributed by atoms with E-state index in [2.05, 4.69) is 20.4 Å². The molecule has 1 aliphatic carbocycles. The largest absolute Gasteiger partial charge is 0.456 e. The Labute approximate surface area is 99.1 Å². The highest BCUT2D eigenvalue weighted by molar-refractivity contribution is 5.87. The molecule has 92 valence electrons. The van der Waals surface area contributed by atoms with Gasteiger partial charge in [0.2, 0.25) is 0 Å². The third-order valence-electron chi connectivity index (χ3n) is 3.55. The minimum atomic E-state index is -0.250. The molecule has 0 aromatic rings. The molecule has 0 atom stereocenters. The van der Waals surface area contributed by atoms with E-state index in [0.717, 1.165) is 18.8 Å². The molecule has 0 aliphatic heterocycles. The molecule has 0 spiro atoms. The summed E-state index contributed by atoms with van der Waals surface area (Å²) in [5.41, 5.74) is 0.247. The smallest absolute Gasteiger partial charge is 0.333 e. The molecule has 0 aromatic heterocycles. The highest BCUT2D eigenvalue weighted by atomic mass is 16.6. The molecule has 1 saturated carbocycles. The number of ether oxygens (including phenoxy) is 1. The minimum absolute atomic E-state index is 0.239. The summed E-state index contributed by atoms with van der Waals surface area (Å²) in [6.45, 7) is 9.61. The maximum absolute atomic E-state index is 11.5. The van der Waals surface area contributed by atoms with Gasteiger partial charge in [0.15, 0.2) is 0 Å². The Kier molecular flexibility index (Phi) is 4.57. The zero-order chi connectivity index (χ0) is 12.2. The van der Waals surface area contributed by atoms with Gasteiger partial charge in [0.1, 0.15) is 5.60 Å². The lowest BCUT2D eigenvalue weighted by Crippen LogP contribution is -2.36. The van der Waals surface area contributed by atoms with Crippen LogP contribution in [0.25, 0.3) is 0 Å². The quantitative estimate of drug-likeness (QED) is 0.535. The molecule has 0 N–H and O–H groups in total. The number of esters is 1. The van der Waals surface area contributed by atoms with E-state index in [4.69, 9.17) is 4.74 Å². The summed E-state index contributed by atoms with van der Waals surface area (Å²) in [6.07, 6.45) is 6.94. The molecular formula is C14H24O2. The van der Waals surface area contributed by atoms with E-state index in [1.54, 1.807) is 6.92 Å². The molecular weight excluding hydrogens is 200 g/mol. The SMILES string of the molecule is C=C(C)C(=O)OC1(C)CCC(CCC)CC1. The minimum Gasteiger partial charge on any atom is -0.456 e. The molecule has 2 nitrogen and oxygen atoms in total. The lowest BCUT2D eigenvalue weighted by molar-refractivity contribution is -0.157. The zero-order valence-electron chi connectivity index (χ0n) is 10.8. The van der Waals surface area contributed by atoms with Gasteiger partial charge in [0.25, 0.3) is 0 Å². The molecule has 16 heavy (non-hydrogen) atoms. The van der Waals surface area contributed by atoms with Crippen molar-refractivity contribution < 1.29 is 9.53 Å². The van der Waals surface area contributed by atoms with E-state index in [1.807, 2.05) is 0 Å². The van der Waals surface area contributed by atoms with Crippen LogP contribution in [0.5, 0.6) is 0 Å². The first kappa shape index (κ1) is 13.3. The summed E-state index contributed by atoms with van der Waals surface area (Å²) in [7, 11) is 0. The van der Waals surface area contributed by atoms with Crippen molar-refractivity contribution >= 4 is 5.97 Å². The highest BCUT2D eigenvalue weighted by Crippen LogP contribution is 2.36. The van der Waals surface area contributed by atoms with Crippen LogP contribution in [0.3, 0.4) is 0 Å². The predicted molar refractivity (Wildman–Crippen MR) is 66.2 cm³/mol. The van der Waals surface area contributed by atoms with Gasteiger partial charge in [-0.3, -0.25) is 0 Å². The first-order valence-corrected chi connectivity index (χ1v) is 6.35. The highest BCUT2D eigenvalue weighted by Gasteiger charge is 2.34. The second kappa shape index (κ2) is 5.51. The van der Waals surface area contributed by atoms with Crippen molar-refractivity contribution in [2.45, 2.75) is 64.9 Å². The topological polar surface area (TPSA) is 26.3 Å². The second-order valence-corrected chi connectivity index (χ2v) is 5.35. The van der Waals surface area contributed by atoms with Crippen molar-refractivity contribution in [1.82, 2.24) is 0 Å². The Morgan fingerprint density at radius 1 is 1.44 bits per heavy atom. The Bertz CT molecular complexity index is 260. The van der Waals surface area contributed by atoms with Crippen LogP contribution in [0.1, 0.15) is 59.3 Å². The average molecular weight is 224 g/mol. The lowest BCUT2D eigenvalue weighted by atomic mass is 9.78. The molecule has 0 aromatic carbocycles. The maximum Gasteiger partial charge on any atom is 0.333 e. The Morgan fingerprint density at radius 2 is 2.00 bits per heavy atom. The van der Waals surface area contributed by atoms with Crippen molar-refractivity contribution in [1.29, 1.82) is 0 Å². The summed E-state index contributed by atoms with van der Waals surface area (Å²) in [5, 5.41) is 0. The predicted octanol–water partition coefficient (Wildman–Crippen LogP) is 3.85. The van der Waals surface area contributed by atoms with E-state index in [0.29, 0.717) is 5.57 Å². The fourth-order valence-corrected chi connectivity index (χ4v) is 2.40. The molecule has 0 saturated heterocycles. The third kappa shape index (κ3) is 3.66. The fraction of sp³-hybridized carbons (Fsp3) is 0.786. The van der Waals surface area contributed by atoms with Crippen LogP contribution in [-0.4, -0.2) is 11.6 Å². The summed E-state index contributed by atoms with van der Waals surface area (Å²) < 4.78 is 5.53. The third-order valence-corrected chi connectivity index (χ3v) is 3.55. The van der Waals surface area contributed by atoms with E-state index in [9.17, 15) is 4.79 Å². The molecule has 0 amide bonds. The van der Waals surface area contributed by atoms with Crippen molar-refractivity contribution in [2.75, 3.05) is 0 Å². The number of hydrogen-bond acceptors (Lipinski definition) is 2. The van der Waals surface area contributed by atoms with Crippen LogP contribution in [0.15, 0.2) is 12.2 Å². The number of carbonyl (C=O) groups excluding carboxylic acids is 1. The zero-order valence-corrected chi connectivity index (χ0v) is 10.8.